The van der Waals surface area contributed by atoms with Gasteiger partial charge >= 0.3 is 5.97 Å². The van der Waals surface area contributed by atoms with Crippen LogP contribution in [0.5, 0.6) is 0 Å². The summed E-state index contributed by atoms with van der Waals surface area (Å²) in [5.74, 6) is -2.65. The van der Waals surface area contributed by atoms with Crippen molar-refractivity contribution in [1.82, 2.24) is 4.98 Å². The monoisotopic (exact) mass is 263 g/mol. The summed E-state index contributed by atoms with van der Waals surface area (Å²) in [5, 5.41) is 16.0. The number of carbonyl (C=O) groups is 1. The summed E-state index contributed by atoms with van der Waals surface area (Å²) >= 11 is 0. The van der Waals surface area contributed by atoms with E-state index >= 15 is 0 Å². The van der Waals surface area contributed by atoms with Crippen LogP contribution in [0, 0.1) is 5.82 Å². The second-order valence-corrected chi connectivity index (χ2v) is 4.88. The first-order valence-corrected chi connectivity index (χ1v) is 6.14. The summed E-state index contributed by atoms with van der Waals surface area (Å²) in [6.07, 6.45) is 0.825. The molecule has 1 rings (SSSR count). The van der Waals surface area contributed by atoms with E-state index in [-0.39, 0.29) is 23.7 Å². The maximum absolute atomic E-state index is 12.7. The average molecular weight is 263 g/mol. The van der Waals surface area contributed by atoms with Gasteiger partial charge in [0.25, 0.3) is 0 Å². The molecule has 1 heterocycles. The normalized spacial score (nSPS) is 11.2. The molecule has 0 bridgehead atoms. The topological polar surface area (TPSA) is 122 Å². The summed E-state index contributed by atoms with van der Waals surface area (Å²) in [7, 11) is -3.65. The Kier molecular flexibility index (Phi) is 3.97. The third-order valence-electron chi connectivity index (χ3n) is 1.76. The molecule has 0 aliphatic heterocycles. The molecule has 0 unspecified atom stereocenters. The van der Waals surface area contributed by atoms with Crippen LogP contribution in [0.4, 0.5) is 10.2 Å². The van der Waals surface area contributed by atoms with Crippen LogP contribution < -0.4 is 10.5 Å². The molecule has 0 aliphatic carbocycles. The van der Waals surface area contributed by atoms with E-state index in [9.17, 15) is 17.6 Å². The van der Waals surface area contributed by atoms with Gasteiger partial charge in [-0.1, -0.05) is 0 Å². The zero-order chi connectivity index (χ0) is 13.1. The predicted octanol–water partition coefficient (Wildman–Crippen LogP) is -0.381. The molecule has 0 atom stereocenters. The molecule has 17 heavy (non-hydrogen) atoms. The lowest BCUT2D eigenvalue weighted by molar-refractivity contribution is 0.0697. The van der Waals surface area contributed by atoms with Crippen LogP contribution >= 0.6 is 0 Å². The number of aromatic nitrogens is 1. The molecule has 9 heteroatoms. The Balaban J connectivity index is 2.81. The Labute approximate surface area is 96.5 Å². The molecular formula is C8H10FN3O4S. The number of carboxylic acids is 1. The number of sulfonamides is 1. The fourth-order valence-electron chi connectivity index (χ4n) is 1.05. The lowest BCUT2D eigenvalue weighted by Gasteiger charge is -2.07. The fraction of sp³-hybridized carbons (Fsp3) is 0.250. The number of rotatable bonds is 5. The second kappa shape index (κ2) is 5.06. The molecule has 0 spiro atoms. The maximum Gasteiger partial charge on any atom is 0.339 e. The summed E-state index contributed by atoms with van der Waals surface area (Å²) in [4.78, 5) is 14.3. The van der Waals surface area contributed by atoms with Crippen molar-refractivity contribution in [3.05, 3.63) is 23.6 Å². The van der Waals surface area contributed by atoms with Crippen LogP contribution in [0.1, 0.15) is 10.4 Å². The van der Waals surface area contributed by atoms with Crippen LogP contribution in [0.2, 0.25) is 0 Å². The molecule has 0 radical (unpaired) electrons. The molecule has 4 N–H and O–H groups in total. The molecule has 1 aromatic rings. The number of nitrogens with zero attached hydrogens (tertiary/aromatic N) is 1. The highest BCUT2D eigenvalue weighted by Crippen LogP contribution is 2.13. The van der Waals surface area contributed by atoms with Crippen molar-refractivity contribution in [2.24, 2.45) is 5.14 Å². The smallest absolute Gasteiger partial charge is 0.339 e. The van der Waals surface area contributed by atoms with Gasteiger partial charge in [-0.3, -0.25) is 0 Å². The number of nitrogens with two attached hydrogens (primary N) is 1. The Hall–Kier alpha value is -1.74. The number of halogens is 1. The van der Waals surface area contributed by atoms with E-state index in [0.717, 1.165) is 12.3 Å². The lowest BCUT2D eigenvalue weighted by Crippen LogP contribution is -2.23. The van der Waals surface area contributed by atoms with Gasteiger partial charge in [-0.05, 0) is 6.07 Å². The highest BCUT2D eigenvalue weighted by Gasteiger charge is 2.13. The summed E-state index contributed by atoms with van der Waals surface area (Å²) < 4.78 is 34.0. The first-order chi connectivity index (χ1) is 7.79. The zero-order valence-corrected chi connectivity index (χ0v) is 9.37. The van der Waals surface area contributed by atoms with Gasteiger partial charge < -0.3 is 10.4 Å². The van der Waals surface area contributed by atoms with E-state index in [1.165, 1.54) is 0 Å². The van der Waals surface area contributed by atoms with Gasteiger partial charge in [0.05, 0.1) is 11.9 Å². The Morgan fingerprint density at radius 2 is 2.24 bits per heavy atom. The zero-order valence-electron chi connectivity index (χ0n) is 8.55. The number of pyridine rings is 1. The van der Waals surface area contributed by atoms with Gasteiger partial charge in [0.2, 0.25) is 10.0 Å². The quantitative estimate of drug-likeness (QED) is 0.665. The molecule has 0 amide bonds. The van der Waals surface area contributed by atoms with Crippen molar-refractivity contribution in [1.29, 1.82) is 0 Å². The summed E-state index contributed by atoms with van der Waals surface area (Å²) in [5.41, 5.74) is -0.376. The highest BCUT2D eigenvalue weighted by atomic mass is 32.2. The summed E-state index contributed by atoms with van der Waals surface area (Å²) in [6.45, 7) is -0.113. The third kappa shape index (κ3) is 4.33. The number of nitrogens with one attached hydrogen (secondary N) is 1. The molecule has 0 aromatic carbocycles. The Morgan fingerprint density at radius 1 is 1.59 bits per heavy atom. The fourth-order valence-corrected chi connectivity index (χ4v) is 1.44. The van der Waals surface area contributed by atoms with E-state index in [1.807, 2.05) is 0 Å². The Morgan fingerprint density at radius 3 is 2.76 bits per heavy atom. The molecular weight excluding hydrogens is 253 g/mol. The number of aromatic carboxylic acids is 1. The van der Waals surface area contributed by atoms with E-state index in [4.69, 9.17) is 10.2 Å². The van der Waals surface area contributed by atoms with Crippen molar-refractivity contribution in [2.45, 2.75) is 0 Å². The van der Waals surface area contributed by atoms with E-state index in [1.54, 1.807) is 0 Å². The van der Waals surface area contributed by atoms with Crippen molar-refractivity contribution in [3.8, 4) is 0 Å². The molecule has 7 nitrogen and oxygen atoms in total. The minimum Gasteiger partial charge on any atom is -0.478 e. The van der Waals surface area contributed by atoms with Gasteiger partial charge in [-0.25, -0.2) is 27.7 Å². The molecule has 0 saturated carbocycles. The number of carboxylic acid groups (broad SMARTS) is 1. The number of anilines is 1. The average Bonchev–Trinajstić information content (AvgIpc) is 2.18. The highest BCUT2D eigenvalue weighted by molar-refractivity contribution is 7.89. The van der Waals surface area contributed by atoms with Gasteiger partial charge in [0.1, 0.15) is 17.2 Å². The molecule has 1 aromatic heterocycles. The van der Waals surface area contributed by atoms with Crippen molar-refractivity contribution < 1.29 is 22.7 Å². The van der Waals surface area contributed by atoms with Crippen LogP contribution in [0.15, 0.2) is 12.3 Å². The number of hydrogen-bond donors (Lipinski definition) is 3. The predicted molar refractivity (Wildman–Crippen MR) is 57.6 cm³/mol. The number of primary sulfonamides is 1. The van der Waals surface area contributed by atoms with Crippen LogP contribution in [0.25, 0.3) is 0 Å². The SMILES string of the molecule is NS(=O)(=O)CCNc1ncc(F)cc1C(=O)O. The van der Waals surface area contributed by atoms with Gasteiger partial charge in [0, 0.05) is 6.54 Å². The van der Waals surface area contributed by atoms with Gasteiger partial charge in [0.15, 0.2) is 0 Å². The largest absolute Gasteiger partial charge is 0.478 e. The van der Waals surface area contributed by atoms with Gasteiger partial charge in [-0.15, -0.1) is 0 Å². The van der Waals surface area contributed by atoms with Crippen LogP contribution in [0.3, 0.4) is 0 Å². The first-order valence-electron chi connectivity index (χ1n) is 4.43. The van der Waals surface area contributed by atoms with Crippen LogP contribution in [-0.4, -0.2) is 36.8 Å². The Bertz CT molecular complexity index is 532. The maximum atomic E-state index is 12.7. The van der Waals surface area contributed by atoms with E-state index in [2.05, 4.69) is 10.3 Å². The van der Waals surface area contributed by atoms with Crippen molar-refractivity contribution in [2.75, 3.05) is 17.6 Å². The standard InChI is InChI=1S/C8H10FN3O4S/c9-5-3-6(8(13)14)7(12-4-5)11-1-2-17(10,15)16/h3-4H,1-2H2,(H,11,12)(H,13,14)(H2,10,15,16). The van der Waals surface area contributed by atoms with Crippen molar-refractivity contribution >= 4 is 21.8 Å². The second-order valence-electron chi connectivity index (χ2n) is 3.15. The molecule has 0 saturated heterocycles. The summed E-state index contributed by atoms with van der Waals surface area (Å²) in [6, 6.07) is 0.786. The van der Waals surface area contributed by atoms with E-state index in [0.29, 0.717) is 0 Å². The number of hydrogen-bond acceptors (Lipinski definition) is 5. The molecule has 0 aliphatic rings. The molecule has 94 valence electrons. The van der Waals surface area contributed by atoms with Crippen molar-refractivity contribution in [3.63, 3.8) is 0 Å². The lowest BCUT2D eigenvalue weighted by atomic mass is 10.2. The third-order valence-corrected chi connectivity index (χ3v) is 2.54. The first kappa shape index (κ1) is 13.3. The van der Waals surface area contributed by atoms with Gasteiger partial charge in [-0.2, -0.15) is 0 Å². The molecule has 0 fully saturated rings. The minimum atomic E-state index is -3.65. The minimum absolute atomic E-state index is 0.109. The van der Waals surface area contributed by atoms with E-state index < -0.39 is 21.8 Å². The van der Waals surface area contributed by atoms with Crippen LogP contribution in [-0.2, 0) is 10.0 Å².